The highest BCUT2D eigenvalue weighted by molar-refractivity contribution is 5.61. The third-order valence-electron chi connectivity index (χ3n) is 2.41. The summed E-state index contributed by atoms with van der Waals surface area (Å²) in [4.78, 5) is 7.93. The van der Waals surface area contributed by atoms with Crippen LogP contribution in [0.4, 0.5) is 8.78 Å². The Labute approximate surface area is 102 Å². The highest BCUT2D eigenvalue weighted by Crippen LogP contribution is 2.27. The molecule has 0 aliphatic rings. The lowest BCUT2D eigenvalue weighted by atomic mass is 10.1. The molecule has 0 saturated carbocycles. The topological polar surface area (TPSA) is 61.0 Å². The molecule has 18 heavy (non-hydrogen) atoms. The number of halogens is 2. The predicted octanol–water partition coefficient (Wildman–Crippen LogP) is 1.89. The van der Waals surface area contributed by atoms with Crippen LogP contribution in [0, 0.1) is 11.6 Å². The van der Waals surface area contributed by atoms with Crippen molar-refractivity contribution in [3.63, 3.8) is 0 Å². The second-order valence-corrected chi connectivity index (χ2v) is 3.53. The molecule has 2 N–H and O–H groups in total. The van der Waals surface area contributed by atoms with Crippen molar-refractivity contribution >= 4 is 0 Å². The minimum atomic E-state index is -0.651. The van der Waals surface area contributed by atoms with Crippen LogP contribution in [0.15, 0.2) is 24.4 Å². The molecule has 0 saturated heterocycles. The SMILES string of the molecule is COc1cc(F)c(-c2ccnc(CN)n2)cc1F. The molecule has 0 fully saturated rings. The molecule has 0 spiro atoms. The number of benzene rings is 1. The molecule has 0 unspecified atom stereocenters. The molecule has 1 aromatic heterocycles. The summed E-state index contributed by atoms with van der Waals surface area (Å²) in [6.45, 7) is 0.133. The molecule has 0 bridgehead atoms. The number of rotatable bonds is 3. The van der Waals surface area contributed by atoms with Crippen molar-refractivity contribution in [2.45, 2.75) is 6.54 Å². The number of methoxy groups -OCH3 is 1. The van der Waals surface area contributed by atoms with Gasteiger partial charge in [-0.15, -0.1) is 0 Å². The summed E-state index contributed by atoms with van der Waals surface area (Å²) < 4.78 is 32.0. The minimum absolute atomic E-state index is 0.0467. The standard InChI is InChI=1S/C12H11F2N3O/c1-18-11-5-8(13)7(4-9(11)14)10-2-3-16-12(6-15)17-10/h2-5H,6,15H2,1H3. The zero-order chi connectivity index (χ0) is 13.1. The zero-order valence-electron chi connectivity index (χ0n) is 9.65. The van der Waals surface area contributed by atoms with Gasteiger partial charge in [0.2, 0.25) is 0 Å². The lowest BCUT2D eigenvalue weighted by Crippen LogP contribution is -2.03. The van der Waals surface area contributed by atoms with Gasteiger partial charge in [-0.25, -0.2) is 18.7 Å². The van der Waals surface area contributed by atoms with Crippen LogP contribution in [0.2, 0.25) is 0 Å². The van der Waals surface area contributed by atoms with Crippen molar-refractivity contribution in [3.05, 3.63) is 41.9 Å². The van der Waals surface area contributed by atoms with Crippen LogP contribution in [0.1, 0.15) is 5.82 Å². The Morgan fingerprint density at radius 1 is 1.28 bits per heavy atom. The smallest absolute Gasteiger partial charge is 0.165 e. The van der Waals surface area contributed by atoms with E-state index in [1.54, 1.807) is 0 Å². The number of aromatic nitrogens is 2. The Morgan fingerprint density at radius 3 is 2.72 bits per heavy atom. The van der Waals surface area contributed by atoms with Crippen LogP contribution in [0.3, 0.4) is 0 Å². The fraction of sp³-hybridized carbons (Fsp3) is 0.167. The van der Waals surface area contributed by atoms with Crippen molar-refractivity contribution in [1.29, 1.82) is 0 Å². The molecule has 94 valence electrons. The van der Waals surface area contributed by atoms with E-state index in [0.717, 1.165) is 12.1 Å². The molecule has 1 aromatic carbocycles. The van der Waals surface area contributed by atoms with E-state index in [-0.39, 0.29) is 23.6 Å². The Bertz CT molecular complexity index is 575. The van der Waals surface area contributed by atoms with E-state index in [2.05, 4.69) is 9.97 Å². The number of nitrogens with zero attached hydrogens (tertiary/aromatic N) is 2. The van der Waals surface area contributed by atoms with Crippen LogP contribution in [-0.2, 0) is 6.54 Å². The Balaban J connectivity index is 2.53. The summed E-state index contributed by atoms with van der Waals surface area (Å²) in [6, 6.07) is 3.51. The van der Waals surface area contributed by atoms with Gasteiger partial charge in [0.25, 0.3) is 0 Å². The summed E-state index contributed by atoms with van der Waals surface area (Å²) >= 11 is 0. The molecule has 2 rings (SSSR count). The van der Waals surface area contributed by atoms with Crippen LogP contribution in [-0.4, -0.2) is 17.1 Å². The molecular formula is C12H11F2N3O. The lowest BCUT2D eigenvalue weighted by Gasteiger charge is -2.07. The van der Waals surface area contributed by atoms with E-state index >= 15 is 0 Å². The molecule has 1 heterocycles. The predicted molar refractivity (Wildman–Crippen MR) is 61.8 cm³/mol. The first-order chi connectivity index (χ1) is 8.65. The number of hydrogen-bond acceptors (Lipinski definition) is 4. The van der Waals surface area contributed by atoms with Gasteiger partial charge in [-0.2, -0.15) is 0 Å². The lowest BCUT2D eigenvalue weighted by molar-refractivity contribution is 0.383. The molecule has 0 atom stereocenters. The van der Waals surface area contributed by atoms with Crippen molar-refractivity contribution < 1.29 is 13.5 Å². The normalized spacial score (nSPS) is 10.4. The molecule has 6 heteroatoms. The average molecular weight is 251 g/mol. The highest BCUT2D eigenvalue weighted by Gasteiger charge is 2.13. The van der Waals surface area contributed by atoms with E-state index in [1.807, 2.05) is 0 Å². The third-order valence-corrected chi connectivity index (χ3v) is 2.41. The van der Waals surface area contributed by atoms with E-state index in [0.29, 0.717) is 5.82 Å². The van der Waals surface area contributed by atoms with Crippen LogP contribution >= 0.6 is 0 Å². The molecule has 2 aromatic rings. The van der Waals surface area contributed by atoms with Crippen molar-refractivity contribution in [2.75, 3.05) is 7.11 Å². The molecule has 0 aliphatic heterocycles. The number of nitrogens with two attached hydrogens (primary N) is 1. The van der Waals surface area contributed by atoms with Gasteiger partial charge < -0.3 is 10.5 Å². The molecule has 4 nitrogen and oxygen atoms in total. The first kappa shape index (κ1) is 12.4. The van der Waals surface area contributed by atoms with Gasteiger partial charge in [-0.1, -0.05) is 0 Å². The van der Waals surface area contributed by atoms with Crippen molar-refractivity contribution in [3.8, 4) is 17.0 Å². The summed E-state index contributed by atoms with van der Waals surface area (Å²) in [7, 11) is 1.27. The van der Waals surface area contributed by atoms with Gasteiger partial charge in [0.1, 0.15) is 11.6 Å². The van der Waals surface area contributed by atoms with Gasteiger partial charge in [0, 0.05) is 17.8 Å². The monoisotopic (exact) mass is 251 g/mol. The fourth-order valence-electron chi connectivity index (χ4n) is 1.53. The van der Waals surface area contributed by atoms with Crippen molar-refractivity contribution in [1.82, 2.24) is 9.97 Å². The molecule has 0 radical (unpaired) electrons. The summed E-state index contributed by atoms with van der Waals surface area (Å²) in [6.07, 6.45) is 1.45. The molecular weight excluding hydrogens is 240 g/mol. The van der Waals surface area contributed by atoms with E-state index in [4.69, 9.17) is 10.5 Å². The summed E-state index contributed by atoms with van der Waals surface area (Å²) in [5.74, 6) is -1.05. The average Bonchev–Trinajstić information content (AvgIpc) is 2.41. The second kappa shape index (κ2) is 5.05. The largest absolute Gasteiger partial charge is 0.494 e. The first-order valence-corrected chi connectivity index (χ1v) is 5.21. The fourth-order valence-corrected chi connectivity index (χ4v) is 1.53. The molecule has 0 amide bonds. The maximum absolute atomic E-state index is 13.8. The zero-order valence-corrected chi connectivity index (χ0v) is 9.65. The summed E-state index contributed by atoms with van der Waals surface area (Å²) in [5, 5.41) is 0. The third kappa shape index (κ3) is 2.28. The minimum Gasteiger partial charge on any atom is -0.494 e. The summed E-state index contributed by atoms with van der Waals surface area (Å²) in [5.41, 5.74) is 5.73. The first-order valence-electron chi connectivity index (χ1n) is 5.21. The van der Waals surface area contributed by atoms with Crippen LogP contribution in [0.25, 0.3) is 11.3 Å². The maximum Gasteiger partial charge on any atom is 0.165 e. The van der Waals surface area contributed by atoms with Crippen molar-refractivity contribution in [2.24, 2.45) is 5.73 Å². The van der Waals surface area contributed by atoms with Crippen LogP contribution in [0.5, 0.6) is 5.75 Å². The van der Waals surface area contributed by atoms with E-state index in [9.17, 15) is 8.78 Å². The number of hydrogen-bond donors (Lipinski definition) is 1. The van der Waals surface area contributed by atoms with E-state index < -0.39 is 11.6 Å². The van der Waals surface area contributed by atoms with Gasteiger partial charge in [-0.3, -0.25) is 0 Å². The Morgan fingerprint density at radius 2 is 2.06 bits per heavy atom. The maximum atomic E-state index is 13.8. The highest BCUT2D eigenvalue weighted by atomic mass is 19.1. The molecule has 0 aliphatic carbocycles. The van der Waals surface area contributed by atoms with E-state index in [1.165, 1.54) is 19.4 Å². The quantitative estimate of drug-likeness (QED) is 0.904. The van der Waals surface area contributed by atoms with Gasteiger partial charge >= 0.3 is 0 Å². The van der Waals surface area contributed by atoms with Gasteiger partial charge in [-0.05, 0) is 12.1 Å². The number of ether oxygens (including phenoxy) is 1. The van der Waals surface area contributed by atoms with Gasteiger partial charge in [0.05, 0.1) is 19.3 Å². The second-order valence-electron chi connectivity index (χ2n) is 3.53. The van der Waals surface area contributed by atoms with Crippen LogP contribution < -0.4 is 10.5 Å². The van der Waals surface area contributed by atoms with Gasteiger partial charge in [0.15, 0.2) is 11.6 Å². The Kier molecular flexibility index (Phi) is 3.47. The Hall–Kier alpha value is -2.08.